The van der Waals surface area contributed by atoms with Crippen molar-refractivity contribution in [3.8, 4) is 11.8 Å². The van der Waals surface area contributed by atoms with Crippen LogP contribution in [0.3, 0.4) is 0 Å². The van der Waals surface area contributed by atoms with Gasteiger partial charge in [0.1, 0.15) is 6.42 Å². The van der Waals surface area contributed by atoms with Crippen molar-refractivity contribution >= 4 is 27.5 Å². The zero-order valence-corrected chi connectivity index (χ0v) is 10.8. The molecule has 3 aromatic carbocycles. The lowest BCUT2D eigenvalue weighted by atomic mass is 9.97. The Labute approximate surface area is 116 Å². The maximum atomic E-state index is 10.6. The summed E-state index contributed by atoms with van der Waals surface area (Å²) in [6.07, 6.45) is -0.138. The lowest BCUT2D eigenvalue weighted by Crippen LogP contribution is -1.90. The fourth-order valence-electron chi connectivity index (χ4n) is 2.37. The highest BCUT2D eigenvalue weighted by atomic mass is 16.4. The van der Waals surface area contributed by atoms with Crippen LogP contribution in [0.2, 0.25) is 0 Å². The molecule has 2 heteroatoms. The number of fused-ring (bicyclic) bond motifs is 3. The first-order valence-corrected chi connectivity index (χ1v) is 6.37. The van der Waals surface area contributed by atoms with Gasteiger partial charge in [0.25, 0.3) is 0 Å². The van der Waals surface area contributed by atoms with Gasteiger partial charge in [0.05, 0.1) is 0 Å². The minimum atomic E-state index is -0.900. The van der Waals surface area contributed by atoms with Crippen LogP contribution in [0, 0.1) is 11.8 Å². The van der Waals surface area contributed by atoms with Crippen LogP contribution >= 0.6 is 0 Å². The predicted molar refractivity (Wildman–Crippen MR) is 80.6 cm³/mol. The van der Waals surface area contributed by atoms with E-state index in [-0.39, 0.29) is 6.42 Å². The van der Waals surface area contributed by atoms with E-state index in [9.17, 15) is 4.79 Å². The summed E-state index contributed by atoms with van der Waals surface area (Å²) in [7, 11) is 0. The maximum Gasteiger partial charge on any atom is 0.315 e. The van der Waals surface area contributed by atoms with E-state index in [0.29, 0.717) is 0 Å². The first-order valence-electron chi connectivity index (χ1n) is 6.37. The Morgan fingerprint density at radius 3 is 2.35 bits per heavy atom. The molecule has 20 heavy (non-hydrogen) atoms. The van der Waals surface area contributed by atoms with Crippen LogP contribution < -0.4 is 0 Å². The lowest BCUT2D eigenvalue weighted by Gasteiger charge is -2.06. The van der Waals surface area contributed by atoms with Crippen LogP contribution in [-0.4, -0.2) is 11.1 Å². The van der Waals surface area contributed by atoms with E-state index in [2.05, 4.69) is 24.0 Å². The molecule has 0 saturated heterocycles. The number of benzene rings is 3. The van der Waals surface area contributed by atoms with Gasteiger partial charge < -0.3 is 5.11 Å². The molecule has 0 aliphatic rings. The van der Waals surface area contributed by atoms with Gasteiger partial charge >= 0.3 is 5.97 Å². The number of rotatable bonds is 1. The minimum Gasteiger partial charge on any atom is -0.481 e. The summed E-state index contributed by atoms with van der Waals surface area (Å²) >= 11 is 0. The zero-order valence-electron chi connectivity index (χ0n) is 10.8. The summed E-state index contributed by atoms with van der Waals surface area (Å²) in [5, 5.41) is 13.2. The third-order valence-electron chi connectivity index (χ3n) is 3.23. The Hall–Kier alpha value is -2.79. The van der Waals surface area contributed by atoms with E-state index in [1.165, 1.54) is 5.39 Å². The zero-order chi connectivity index (χ0) is 13.9. The molecule has 0 radical (unpaired) electrons. The first kappa shape index (κ1) is 12.3. The highest BCUT2D eigenvalue weighted by Crippen LogP contribution is 2.28. The number of carboxylic acids is 1. The predicted octanol–water partition coefficient (Wildman–Crippen LogP) is 3.82. The van der Waals surface area contributed by atoms with Gasteiger partial charge in [0, 0.05) is 5.56 Å². The van der Waals surface area contributed by atoms with Crippen molar-refractivity contribution in [2.75, 3.05) is 0 Å². The Balaban J connectivity index is 2.28. The van der Waals surface area contributed by atoms with Crippen LogP contribution in [-0.2, 0) is 4.79 Å². The molecule has 0 aromatic heterocycles. The monoisotopic (exact) mass is 260 g/mol. The summed E-state index contributed by atoms with van der Waals surface area (Å²) in [4.78, 5) is 10.6. The van der Waals surface area contributed by atoms with Crippen molar-refractivity contribution in [1.82, 2.24) is 0 Å². The van der Waals surface area contributed by atoms with Crippen LogP contribution in [0.25, 0.3) is 21.5 Å². The molecular formula is C18H12O2. The van der Waals surface area contributed by atoms with Crippen LogP contribution in [0.4, 0.5) is 0 Å². The van der Waals surface area contributed by atoms with Gasteiger partial charge in [0.15, 0.2) is 0 Å². The van der Waals surface area contributed by atoms with Crippen LogP contribution in [0.1, 0.15) is 12.0 Å². The van der Waals surface area contributed by atoms with Gasteiger partial charge in [-0.3, -0.25) is 4.79 Å². The summed E-state index contributed by atoms with van der Waals surface area (Å²) in [5.41, 5.74) is 0.876. The van der Waals surface area contributed by atoms with Crippen molar-refractivity contribution < 1.29 is 9.90 Å². The molecule has 0 spiro atoms. The van der Waals surface area contributed by atoms with E-state index in [4.69, 9.17) is 5.11 Å². The second-order valence-corrected chi connectivity index (χ2v) is 4.56. The molecule has 0 bridgehead atoms. The average molecular weight is 260 g/mol. The topological polar surface area (TPSA) is 37.3 Å². The number of hydrogen-bond acceptors (Lipinski definition) is 1. The van der Waals surface area contributed by atoms with Gasteiger partial charge in [0.2, 0.25) is 0 Å². The molecule has 0 amide bonds. The largest absolute Gasteiger partial charge is 0.481 e. The standard InChI is InChI=1S/C18H12O2/c19-18(20)11-5-7-14-12-13-6-1-2-8-15(13)17-10-4-3-9-16(14)17/h1-4,6,8-10,12H,11H2,(H,19,20). The summed E-state index contributed by atoms with van der Waals surface area (Å²) in [6.45, 7) is 0. The van der Waals surface area contributed by atoms with Crippen molar-refractivity contribution in [2.24, 2.45) is 0 Å². The molecule has 0 fully saturated rings. The van der Waals surface area contributed by atoms with Crippen molar-refractivity contribution in [2.45, 2.75) is 6.42 Å². The Morgan fingerprint density at radius 2 is 1.60 bits per heavy atom. The van der Waals surface area contributed by atoms with Crippen LogP contribution in [0.15, 0.2) is 54.6 Å². The fourth-order valence-corrected chi connectivity index (χ4v) is 2.37. The molecule has 96 valence electrons. The normalized spacial score (nSPS) is 10.2. The molecule has 0 aliphatic carbocycles. The Bertz CT molecular complexity index is 867. The van der Waals surface area contributed by atoms with E-state index in [0.717, 1.165) is 21.7 Å². The van der Waals surface area contributed by atoms with Gasteiger partial charge in [-0.15, -0.1) is 0 Å². The highest BCUT2D eigenvalue weighted by molar-refractivity contribution is 6.09. The Morgan fingerprint density at radius 1 is 0.950 bits per heavy atom. The van der Waals surface area contributed by atoms with Crippen molar-refractivity contribution in [3.05, 3.63) is 60.2 Å². The third kappa shape index (κ3) is 2.22. The molecule has 0 heterocycles. The second-order valence-electron chi connectivity index (χ2n) is 4.56. The van der Waals surface area contributed by atoms with E-state index in [1.807, 2.05) is 42.5 Å². The molecule has 3 aromatic rings. The maximum absolute atomic E-state index is 10.6. The summed E-state index contributed by atoms with van der Waals surface area (Å²) in [5.74, 6) is 4.79. The number of carboxylic acid groups (broad SMARTS) is 1. The number of hydrogen-bond donors (Lipinski definition) is 1. The van der Waals surface area contributed by atoms with Gasteiger partial charge in [-0.25, -0.2) is 0 Å². The van der Waals surface area contributed by atoms with E-state index in [1.54, 1.807) is 0 Å². The fraction of sp³-hybridized carbons (Fsp3) is 0.0556. The van der Waals surface area contributed by atoms with Crippen molar-refractivity contribution in [3.63, 3.8) is 0 Å². The molecule has 0 unspecified atom stereocenters. The minimum absolute atomic E-state index is 0.138. The van der Waals surface area contributed by atoms with Crippen LogP contribution in [0.5, 0.6) is 0 Å². The molecule has 1 N–H and O–H groups in total. The molecule has 3 rings (SSSR count). The molecule has 0 atom stereocenters. The summed E-state index contributed by atoms with van der Waals surface area (Å²) < 4.78 is 0. The second kappa shape index (κ2) is 5.07. The lowest BCUT2D eigenvalue weighted by molar-refractivity contribution is -0.135. The molecule has 2 nitrogen and oxygen atoms in total. The molecule has 0 saturated carbocycles. The number of aliphatic carboxylic acids is 1. The average Bonchev–Trinajstić information content (AvgIpc) is 2.47. The van der Waals surface area contributed by atoms with E-state index >= 15 is 0 Å². The summed E-state index contributed by atoms with van der Waals surface area (Å²) in [6, 6.07) is 18.2. The quantitative estimate of drug-likeness (QED) is 0.533. The van der Waals surface area contributed by atoms with E-state index < -0.39 is 5.97 Å². The highest BCUT2D eigenvalue weighted by Gasteiger charge is 2.04. The SMILES string of the molecule is O=C(O)CC#Cc1cc2ccccc2c2ccccc12. The molecular weight excluding hydrogens is 248 g/mol. The van der Waals surface area contributed by atoms with Gasteiger partial charge in [-0.1, -0.05) is 60.4 Å². The number of carbonyl (C=O) groups is 1. The van der Waals surface area contributed by atoms with Crippen molar-refractivity contribution in [1.29, 1.82) is 0 Å². The smallest absolute Gasteiger partial charge is 0.315 e. The van der Waals surface area contributed by atoms with Gasteiger partial charge in [-0.2, -0.15) is 0 Å². The first-order chi connectivity index (χ1) is 9.75. The molecule has 0 aliphatic heterocycles. The Kier molecular flexibility index (Phi) is 3.10. The van der Waals surface area contributed by atoms with Gasteiger partial charge in [-0.05, 0) is 27.6 Å². The third-order valence-corrected chi connectivity index (χ3v) is 3.23.